The lowest BCUT2D eigenvalue weighted by molar-refractivity contribution is 0.202. The lowest BCUT2D eigenvalue weighted by atomic mass is 10.0. The van der Waals surface area contributed by atoms with Gasteiger partial charge in [0.2, 0.25) is 5.13 Å². The summed E-state index contributed by atoms with van der Waals surface area (Å²) in [5.74, 6) is 0.896. The normalized spacial score (nSPS) is 25.6. The maximum Gasteiger partial charge on any atom is 0.205 e. The molecule has 1 aromatic heterocycles. The van der Waals surface area contributed by atoms with E-state index >= 15 is 0 Å². The van der Waals surface area contributed by atoms with Gasteiger partial charge in [0.05, 0.1) is 0 Å². The van der Waals surface area contributed by atoms with E-state index in [4.69, 9.17) is 0 Å². The number of nitrogens with zero attached hydrogens (tertiary/aromatic N) is 4. The molecule has 3 rings (SSSR count). The van der Waals surface area contributed by atoms with Gasteiger partial charge in [-0.2, -0.15) is 4.37 Å². The molecule has 0 radical (unpaired) electrons. The Balaban J connectivity index is 1.57. The van der Waals surface area contributed by atoms with E-state index in [2.05, 4.69) is 31.3 Å². The molecule has 0 aromatic carbocycles. The Labute approximate surface area is 112 Å². The van der Waals surface area contributed by atoms with Crippen LogP contribution in [0, 0.1) is 6.92 Å². The molecule has 0 spiro atoms. The van der Waals surface area contributed by atoms with E-state index in [9.17, 15) is 0 Å². The van der Waals surface area contributed by atoms with Gasteiger partial charge in [-0.25, -0.2) is 4.98 Å². The molecule has 4 nitrogen and oxygen atoms in total. The summed E-state index contributed by atoms with van der Waals surface area (Å²) in [5, 5.41) is 1.09. The molecule has 2 heterocycles. The quantitative estimate of drug-likeness (QED) is 0.766. The Morgan fingerprint density at radius 2 is 2.11 bits per heavy atom. The molecule has 1 aliphatic heterocycles. The molecule has 1 fully saturated rings. The van der Waals surface area contributed by atoms with Gasteiger partial charge in [0, 0.05) is 43.8 Å². The zero-order valence-corrected chi connectivity index (χ0v) is 11.7. The monoisotopic (exact) mass is 264 g/mol. The SMILES string of the molecule is Cc1nsc(N2CCN([C@@H]3C=CCCC3)CC2)n1. The fraction of sp³-hybridized carbons (Fsp3) is 0.692. The highest BCUT2D eigenvalue weighted by molar-refractivity contribution is 7.09. The van der Waals surface area contributed by atoms with E-state index in [-0.39, 0.29) is 0 Å². The van der Waals surface area contributed by atoms with Gasteiger partial charge in [-0.15, -0.1) is 0 Å². The first kappa shape index (κ1) is 12.1. The summed E-state index contributed by atoms with van der Waals surface area (Å²) in [6.07, 6.45) is 8.68. The number of aryl methyl sites for hydroxylation is 1. The van der Waals surface area contributed by atoms with Crippen LogP contribution in [0.5, 0.6) is 0 Å². The molecule has 0 unspecified atom stereocenters. The van der Waals surface area contributed by atoms with Crippen LogP contribution in [0.15, 0.2) is 12.2 Å². The Hall–Kier alpha value is -0.940. The highest BCUT2D eigenvalue weighted by Gasteiger charge is 2.24. The second-order valence-electron chi connectivity index (χ2n) is 5.07. The van der Waals surface area contributed by atoms with Gasteiger partial charge in [0.1, 0.15) is 5.82 Å². The average Bonchev–Trinajstić information content (AvgIpc) is 2.87. The lowest BCUT2D eigenvalue weighted by Gasteiger charge is -2.38. The number of hydrogen-bond donors (Lipinski definition) is 0. The number of rotatable bonds is 2. The van der Waals surface area contributed by atoms with Crippen LogP contribution in [0.25, 0.3) is 0 Å². The van der Waals surface area contributed by atoms with Crippen molar-refractivity contribution < 1.29 is 0 Å². The van der Waals surface area contributed by atoms with E-state index in [0.29, 0.717) is 6.04 Å². The molecule has 18 heavy (non-hydrogen) atoms. The molecule has 1 aromatic rings. The minimum Gasteiger partial charge on any atom is -0.344 e. The lowest BCUT2D eigenvalue weighted by Crippen LogP contribution is -2.50. The van der Waals surface area contributed by atoms with Crippen molar-refractivity contribution in [2.24, 2.45) is 0 Å². The van der Waals surface area contributed by atoms with Crippen molar-refractivity contribution in [2.45, 2.75) is 32.2 Å². The average molecular weight is 264 g/mol. The first-order valence-corrected chi connectivity index (χ1v) is 7.56. The summed E-state index contributed by atoms with van der Waals surface area (Å²) in [6.45, 7) is 6.42. The molecular formula is C13H20N4S. The van der Waals surface area contributed by atoms with E-state index in [0.717, 1.165) is 37.1 Å². The maximum atomic E-state index is 4.47. The van der Waals surface area contributed by atoms with Crippen molar-refractivity contribution >= 4 is 16.7 Å². The van der Waals surface area contributed by atoms with Crippen LogP contribution in [0.3, 0.4) is 0 Å². The third-order valence-electron chi connectivity index (χ3n) is 3.80. The molecule has 0 N–H and O–H groups in total. The summed E-state index contributed by atoms with van der Waals surface area (Å²) >= 11 is 1.53. The van der Waals surface area contributed by atoms with E-state index in [1.165, 1.54) is 30.8 Å². The van der Waals surface area contributed by atoms with Gasteiger partial charge >= 0.3 is 0 Å². The first-order valence-electron chi connectivity index (χ1n) is 6.79. The molecule has 1 aliphatic carbocycles. The van der Waals surface area contributed by atoms with E-state index < -0.39 is 0 Å². The third-order valence-corrected chi connectivity index (χ3v) is 4.67. The van der Waals surface area contributed by atoms with Crippen LogP contribution in [0.2, 0.25) is 0 Å². The molecular weight excluding hydrogens is 244 g/mol. The van der Waals surface area contributed by atoms with E-state index in [1.807, 2.05) is 6.92 Å². The molecule has 98 valence electrons. The van der Waals surface area contributed by atoms with Gasteiger partial charge in [-0.3, -0.25) is 4.90 Å². The first-order chi connectivity index (χ1) is 8.83. The Bertz CT molecular complexity index is 420. The molecule has 2 aliphatic rings. The number of aromatic nitrogens is 2. The van der Waals surface area contributed by atoms with E-state index in [1.54, 1.807) is 0 Å². The topological polar surface area (TPSA) is 32.3 Å². The van der Waals surface area contributed by atoms with Crippen molar-refractivity contribution in [3.05, 3.63) is 18.0 Å². The molecule has 1 atom stereocenters. The molecule has 0 amide bonds. The Morgan fingerprint density at radius 3 is 2.72 bits per heavy atom. The summed E-state index contributed by atoms with van der Waals surface area (Å²) in [7, 11) is 0. The van der Waals surface area contributed by atoms with Gasteiger partial charge in [0.25, 0.3) is 0 Å². The fourth-order valence-electron chi connectivity index (χ4n) is 2.76. The highest BCUT2D eigenvalue weighted by Crippen LogP contribution is 2.22. The number of piperazine rings is 1. The van der Waals surface area contributed by atoms with Crippen molar-refractivity contribution in [2.75, 3.05) is 31.1 Å². The van der Waals surface area contributed by atoms with Crippen molar-refractivity contribution in [3.63, 3.8) is 0 Å². The van der Waals surface area contributed by atoms with Crippen molar-refractivity contribution in [1.29, 1.82) is 0 Å². The second kappa shape index (κ2) is 5.36. The molecule has 0 saturated carbocycles. The molecule has 1 saturated heterocycles. The number of anilines is 1. The summed E-state index contributed by atoms with van der Waals surface area (Å²) < 4.78 is 4.26. The number of hydrogen-bond acceptors (Lipinski definition) is 5. The highest BCUT2D eigenvalue weighted by atomic mass is 32.1. The van der Waals surface area contributed by atoms with Crippen LogP contribution in [-0.2, 0) is 0 Å². The van der Waals surface area contributed by atoms with Crippen molar-refractivity contribution in [1.82, 2.24) is 14.3 Å². The number of allylic oxidation sites excluding steroid dienone is 1. The molecule has 5 heteroatoms. The molecule has 0 bridgehead atoms. The van der Waals surface area contributed by atoms with Crippen LogP contribution in [-0.4, -0.2) is 46.5 Å². The fourth-order valence-corrected chi connectivity index (χ4v) is 3.48. The van der Waals surface area contributed by atoms with Gasteiger partial charge in [-0.1, -0.05) is 12.2 Å². The van der Waals surface area contributed by atoms with Gasteiger partial charge in [0.15, 0.2) is 0 Å². The van der Waals surface area contributed by atoms with Crippen LogP contribution in [0.1, 0.15) is 25.1 Å². The zero-order valence-electron chi connectivity index (χ0n) is 10.9. The van der Waals surface area contributed by atoms with Crippen LogP contribution >= 0.6 is 11.5 Å². The largest absolute Gasteiger partial charge is 0.344 e. The standard InChI is InChI=1S/C13H20N4S/c1-11-14-13(18-15-11)17-9-7-16(8-10-17)12-5-3-2-4-6-12/h3,5,12H,2,4,6-10H2,1H3/t12-/m1/s1. The van der Waals surface area contributed by atoms with Crippen LogP contribution < -0.4 is 4.90 Å². The Kier molecular flexibility index (Phi) is 3.61. The third kappa shape index (κ3) is 2.57. The van der Waals surface area contributed by atoms with Gasteiger partial charge < -0.3 is 4.90 Å². The Morgan fingerprint density at radius 1 is 1.28 bits per heavy atom. The minimum atomic E-state index is 0.678. The summed E-state index contributed by atoms with van der Waals surface area (Å²) in [6, 6.07) is 0.678. The van der Waals surface area contributed by atoms with Gasteiger partial charge in [-0.05, 0) is 26.2 Å². The van der Waals surface area contributed by atoms with Crippen LogP contribution in [0.4, 0.5) is 5.13 Å². The second-order valence-corrected chi connectivity index (χ2v) is 5.80. The van der Waals surface area contributed by atoms with Crippen molar-refractivity contribution in [3.8, 4) is 0 Å². The summed E-state index contributed by atoms with van der Waals surface area (Å²) in [5.41, 5.74) is 0. The smallest absolute Gasteiger partial charge is 0.205 e. The predicted octanol–water partition coefficient (Wildman–Crippen LogP) is 2.08. The minimum absolute atomic E-state index is 0.678. The summed E-state index contributed by atoms with van der Waals surface area (Å²) in [4.78, 5) is 9.45. The predicted molar refractivity (Wildman–Crippen MR) is 75.2 cm³/mol. The zero-order chi connectivity index (χ0) is 12.4. The maximum absolute atomic E-state index is 4.47.